The van der Waals surface area contributed by atoms with E-state index in [2.05, 4.69) is 5.32 Å². The van der Waals surface area contributed by atoms with Crippen molar-refractivity contribution < 1.29 is 14.3 Å². The average molecular weight is 318 g/mol. The van der Waals surface area contributed by atoms with E-state index in [9.17, 15) is 9.59 Å². The van der Waals surface area contributed by atoms with Gasteiger partial charge in [-0.05, 0) is 26.3 Å². The Balaban J connectivity index is 2.09. The van der Waals surface area contributed by atoms with E-state index in [0.717, 1.165) is 11.1 Å². The van der Waals surface area contributed by atoms with Gasteiger partial charge in [-0.15, -0.1) is 0 Å². The first-order valence-electron chi connectivity index (χ1n) is 8.12. The van der Waals surface area contributed by atoms with E-state index in [-0.39, 0.29) is 36.5 Å². The number of carbonyl (C=O) groups is 2. The van der Waals surface area contributed by atoms with Gasteiger partial charge in [-0.3, -0.25) is 9.59 Å². The van der Waals surface area contributed by atoms with Gasteiger partial charge in [-0.25, -0.2) is 0 Å². The molecular weight excluding hydrogens is 292 g/mol. The Kier molecular flexibility index (Phi) is 5.77. The normalized spacial score (nSPS) is 22.5. The molecule has 2 rings (SSSR count). The summed E-state index contributed by atoms with van der Waals surface area (Å²) in [6.45, 7) is 8.64. The van der Waals surface area contributed by atoms with Crippen molar-refractivity contribution in [3.05, 3.63) is 35.4 Å². The Morgan fingerprint density at radius 1 is 1.22 bits per heavy atom. The number of rotatable bonds is 4. The molecule has 23 heavy (non-hydrogen) atoms. The van der Waals surface area contributed by atoms with Crippen LogP contribution in [0.15, 0.2) is 24.3 Å². The van der Waals surface area contributed by atoms with Gasteiger partial charge >= 0.3 is 0 Å². The lowest BCUT2D eigenvalue weighted by atomic mass is 10.0. The van der Waals surface area contributed by atoms with Crippen LogP contribution in [0.1, 0.15) is 44.4 Å². The van der Waals surface area contributed by atoms with Crippen LogP contribution in [-0.2, 0) is 14.3 Å². The molecule has 0 saturated carbocycles. The van der Waals surface area contributed by atoms with Crippen LogP contribution in [0.25, 0.3) is 0 Å². The number of hydrogen-bond acceptors (Lipinski definition) is 3. The molecule has 2 amide bonds. The number of amides is 2. The van der Waals surface area contributed by atoms with Crippen LogP contribution in [0.4, 0.5) is 0 Å². The lowest BCUT2D eigenvalue weighted by Gasteiger charge is -2.36. The molecule has 0 aliphatic carbocycles. The molecule has 1 aliphatic rings. The maximum absolute atomic E-state index is 12.6. The second-order valence-electron chi connectivity index (χ2n) is 6.42. The molecule has 1 N–H and O–H groups in total. The average Bonchev–Trinajstić information content (AvgIpc) is 2.45. The smallest absolute Gasteiger partial charge is 0.225 e. The lowest BCUT2D eigenvalue weighted by molar-refractivity contribution is -0.143. The number of carbonyl (C=O) groups excluding carboxylic acids is 2. The Labute approximate surface area is 138 Å². The van der Waals surface area contributed by atoms with E-state index in [4.69, 9.17) is 4.74 Å². The highest BCUT2D eigenvalue weighted by atomic mass is 16.5. The molecule has 1 heterocycles. The number of nitrogens with one attached hydrogen (secondary N) is 1. The van der Waals surface area contributed by atoms with Gasteiger partial charge in [0.05, 0.1) is 24.7 Å². The van der Waals surface area contributed by atoms with Crippen LogP contribution in [0.2, 0.25) is 0 Å². The van der Waals surface area contributed by atoms with Crippen molar-refractivity contribution >= 4 is 11.8 Å². The molecule has 1 saturated heterocycles. The largest absolute Gasteiger partial charge is 0.372 e. The Bertz CT molecular complexity index is 546. The maximum atomic E-state index is 12.6. The van der Waals surface area contributed by atoms with E-state index < -0.39 is 0 Å². The molecule has 1 fully saturated rings. The fourth-order valence-electron chi connectivity index (χ4n) is 2.98. The molecule has 0 radical (unpaired) electrons. The summed E-state index contributed by atoms with van der Waals surface area (Å²) in [6, 6.07) is 7.62. The van der Waals surface area contributed by atoms with Crippen LogP contribution in [0.5, 0.6) is 0 Å². The van der Waals surface area contributed by atoms with Crippen LogP contribution < -0.4 is 5.32 Å². The zero-order chi connectivity index (χ0) is 17.0. The van der Waals surface area contributed by atoms with E-state index >= 15 is 0 Å². The second kappa shape index (κ2) is 7.59. The molecule has 0 spiro atoms. The minimum absolute atomic E-state index is 0.0429. The molecule has 0 unspecified atom stereocenters. The summed E-state index contributed by atoms with van der Waals surface area (Å²) in [7, 11) is 0. The lowest BCUT2D eigenvalue weighted by Crippen LogP contribution is -2.49. The third kappa shape index (κ3) is 5.06. The topological polar surface area (TPSA) is 58.6 Å². The highest BCUT2D eigenvalue weighted by Crippen LogP contribution is 2.20. The van der Waals surface area contributed by atoms with E-state index in [1.807, 2.05) is 49.9 Å². The fraction of sp³-hybridized carbons (Fsp3) is 0.556. The Morgan fingerprint density at radius 2 is 1.78 bits per heavy atom. The quantitative estimate of drug-likeness (QED) is 0.926. The monoisotopic (exact) mass is 318 g/mol. The first-order chi connectivity index (χ1) is 10.8. The minimum atomic E-state index is -0.297. The number of benzene rings is 1. The van der Waals surface area contributed by atoms with Gasteiger partial charge in [0.25, 0.3) is 0 Å². The second-order valence-corrected chi connectivity index (χ2v) is 6.42. The van der Waals surface area contributed by atoms with Crippen LogP contribution in [-0.4, -0.2) is 42.0 Å². The van der Waals surface area contributed by atoms with Gasteiger partial charge in [-0.1, -0.05) is 29.8 Å². The molecule has 0 aromatic heterocycles. The predicted molar refractivity (Wildman–Crippen MR) is 88.9 cm³/mol. The van der Waals surface area contributed by atoms with Gasteiger partial charge in [0.1, 0.15) is 0 Å². The summed E-state index contributed by atoms with van der Waals surface area (Å²) in [5.41, 5.74) is 2.10. The van der Waals surface area contributed by atoms with Crippen molar-refractivity contribution in [3.8, 4) is 0 Å². The van der Waals surface area contributed by atoms with Crippen molar-refractivity contribution in [1.29, 1.82) is 0 Å². The maximum Gasteiger partial charge on any atom is 0.225 e. The van der Waals surface area contributed by atoms with Gasteiger partial charge in [0.2, 0.25) is 11.8 Å². The first kappa shape index (κ1) is 17.5. The first-order valence-corrected chi connectivity index (χ1v) is 8.12. The Morgan fingerprint density at radius 3 is 2.30 bits per heavy atom. The summed E-state index contributed by atoms with van der Waals surface area (Å²) in [4.78, 5) is 26.0. The molecule has 5 heteroatoms. The molecule has 0 bridgehead atoms. The van der Waals surface area contributed by atoms with Crippen LogP contribution in [0.3, 0.4) is 0 Å². The highest BCUT2D eigenvalue weighted by Gasteiger charge is 2.28. The number of aryl methyl sites for hydroxylation is 1. The molecule has 3 atom stereocenters. The molecule has 126 valence electrons. The highest BCUT2D eigenvalue weighted by molar-refractivity contribution is 5.79. The third-order valence-electron chi connectivity index (χ3n) is 4.01. The van der Waals surface area contributed by atoms with Gasteiger partial charge in [0, 0.05) is 20.0 Å². The van der Waals surface area contributed by atoms with Crippen molar-refractivity contribution in [2.45, 2.75) is 52.4 Å². The molecular formula is C18H26N2O3. The zero-order valence-electron chi connectivity index (χ0n) is 14.3. The van der Waals surface area contributed by atoms with E-state index in [1.165, 1.54) is 6.92 Å². The number of morpholine rings is 1. The number of hydrogen-bond donors (Lipinski definition) is 1. The van der Waals surface area contributed by atoms with Crippen LogP contribution in [0, 0.1) is 6.92 Å². The Hall–Kier alpha value is -1.88. The molecule has 1 aliphatic heterocycles. The third-order valence-corrected chi connectivity index (χ3v) is 4.01. The van der Waals surface area contributed by atoms with Gasteiger partial charge < -0.3 is 15.0 Å². The van der Waals surface area contributed by atoms with Crippen molar-refractivity contribution in [2.75, 3.05) is 13.1 Å². The summed E-state index contributed by atoms with van der Waals surface area (Å²) in [5.74, 6) is -0.0848. The molecule has 5 nitrogen and oxygen atoms in total. The predicted octanol–water partition coefficient (Wildman–Crippen LogP) is 2.20. The number of nitrogens with zero attached hydrogens (tertiary/aromatic N) is 1. The van der Waals surface area contributed by atoms with Crippen molar-refractivity contribution in [3.63, 3.8) is 0 Å². The van der Waals surface area contributed by atoms with E-state index in [0.29, 0.717) is 13.1 Å². The summed E-state index contributed by atoms with van der Waals surface area (Å²) in [6.07, 6.45) is 0.352. The van der Waals surface area contributed by atoms with Gasteiger partial charge in [0.15, 0.2) is 0 Å². The summed E-state index contributed by atoms with van der Waals surface area (Å²) < 4.78 is 5.67. The standard InChI is InChI=1S/C18H26N2O3/c1-12-5-7-16(8-6-12)17(19-15(4)21)9-18(22)20-10-13(2)23-14(3)11-20/h5-8,13-14,17H,9-11H2,1-4H3,(H,19,21)/t13-,14-,17+/m0/s1. The zero-order valence-corrected chi connectivity index (χ0v) is 14.3. The number of ether oxygens (including phenoxy) is 1. The van der Waals surface area contributed by atoms with Crippen molar-refractivity contribution in [2.24, 2.45) is 0 Å². The van der Waals surface area contributed by atoms with Crippen LogP contribution >= 0.6 is 0 Å². The SMILES string of the molecule is CC(=O)N[C@H](CC(=O)N1C[C@H](C)O[C@@H](C)C1)c1ccc(C)cc1. The minimum Gasteiger partial charge on any atom is -0.372 e. The van der Waals surface area contributed by atoms with Crippen molar-refractivity contribution in [1.82, 2.24) is 10.2 Å². The summed E-state index contributed by atoms with van der Waals surface area (Å²) >= 11 is 0. The molecule has 1 aromatic carbocycles. The summed E-state index contributed by atoms with van der Waals surface area (Å²) in [5, 5.41) is 2.89. The van der Waals surface area contributed by atoms with Gasteiger partial charge in [-0.2, -0.15) is 0 Å². The molecule has 1 aromatic rings. The fourth-order valence-corrected chi connectivity index (χ4v) is 2.98. The van der Waals surface area contributed by atoms with E-state index in [1.54, 1.807) is 0 Å².